The van der Waals surface area contributed by atoms with E-state index in [9.17, 15) is 4.39 Å². The highest BCUT2D eigenvalue weighted by atomic mass is 19.1. The zero-order valence-corrected chi connectivity index (χ0v) is 12.7. The van der Waals surface area contributed by atoms with Gasteiger partial charge in [0.25, 0.3) is 0 Å². The van der Waals surface area contributed by atoms with Gasteiger partial charge in [0.05, 0.1) is 33.0 Å². The van der Waals surface area contributed by atoms with E-state index in [1.165, 1.54) is 12.1 Å². The second kappa shape index (κ2) is 12.6. The largest absolute Gasteiger partial charge is 0.491 e. The Bertz CT molecular complexity index is 343. The van der Waals surface area contributed by atoms with Gasteiger partial charge in [0.1, 0.15) is 18.2 Å². The Morgan fingerprint density at radius 2 is 1.29 bits per heavy atom. The minimum atomic E-state index is -0.269. The summed E-state index contributed by atoms with van der Waals surface area (Å²) < 4.78 is 34.1. The van der Waals surface area contributed by atoms with Gasteiger partial charge in [0.15, 0.2) is 0 Å². The molecule has 0 radical (unpaired) electrons. The lowest BCUT2D eigenvalue weighted by molar-refractivity contribution is 0.00895. The fourth-order valence-corrected chi connectivity index (χ4v) is 1.54. The van der Waals surface area contributed by atoms with Crippen molar-refractivity contribution < 1.29 is 23.3 Å². The molecule has 0 unspecified atom stereocenters. The summed E-state index contributed by atoms with van der Waals surface area (Å²) in [6, 6.07) is 5.92. The van der Waals surface area contributed by atoms with Crippen molar-refractivity contribution in [2.45, 2.75) is 19.8 Å². The third-order valence-corrected chi connectivity index (χ3v) is 2.70. The molecule has 0 bridgehead atoms. The highest BCUT2D eigenvalue weighted by molar-refractivity contribution is 5.21. The van der Waals surface area contributed by atoms with Gasteiger partial charge < -0.3 is 18.9 Å². The quantitative estimate of drug-likeness (QED) is 0.525. The van der Waals surface area contributed by atoms with E-state index in [4.69, 9.17) is 18.9 Å². The number of unbranched alkanes of at least 4 members (excludes halogenated alkanes) is 1. The van der Waals surface area contributed by atoms with Gasteiger partial charge in [-0.2, -0.15) is 0 Å². The molecule has 0 heterocycles. The Balaban J connectivity index is 1.81. The van der Waals surface area contributed by atoms with Crippen molar-refractivity contribution in [2.24, 2.45) is 0 Å². The average molecular weight is 300 g/mol. The van der Waals surface area contributed by atoms with Crippen molar-refractivity contribution in [1.29, 1.82) is 0 Å². The molecule has 0 aliphatic heterocycles. The number of halogens is 1. The van der Waals surface area contributed by atoms with Gasteiger partial charge in [-0.25, -0.2) is 4.39 Å². The third-order valence-electron chi connectivity index (χ3n) is 2.70. The van der Waals surface area contributed by atoms with Gasteiger partial charge >= 0.3 is 0 Å². The van der Waals surface area contributed by atoms with E-state index in [1.807, 2.05) is 0 Å². The zero-order chi connectivity index (χ0) is 15.2. The van der Waals surface area contributed by atoms with Crippen LogP contribution in [0.3, 0.4) is 0 Å². The van der Waals surface area contributed by atoms with Crippen LogP contribution in [-0.2, 0) is 14.2 Å². The van der Waals surface area contributed by atoms with Crippen LogP contribution in [0.2, 0.25) is 0 Å². The molecule has 1 aromatic carbocycles. The highest BCUT2D eigenvalue weighted by Gasteiger charge is 1.95. The third kappa shape index (κ3) is 10.2. The van der Waals surface area contributed by atoms with Gasteiger partial charge in [-0.05, 0) is 30.7 Å². The van der Waals surface area contributed by atoms with Crippen LogP contribution < -0.4 is 4.74 Å². The smallest absolute Gasteiger partial charge is 0.123 e. The van der Waals surface area contributed by atoms with Crippen molar-refractivity contribution >= 4 is 0 Å². The predicted octanol–water partition coefficient (Wildman–Crippen LogP) is 3.05. The molecular weight excluding hydrogens is 275 g/mol. The molecule has 0 aliphatic carbocycles. The van der Waals surface area contributed by atoms with Gasteiger partial charge in [0.2, 0.25) is 0 Å². The van der Waals surface area contributed by atoms with Crippen LogP contribution in [0, 0.1) is 5.82 Å². The molecule has 5 heteroatoms. The first-order valence-electron chi connectivity index (χ1n) is 7.44. The normalized spacial score (nSPS) is 10.8. The summed E-state index contributed by atoms with van der Waals surface area (Å²) in [4.78, 5) is 0. The molecule has 0 saturated heterocycles. The molecular formula is C16H25FO4. The van der Waals surface area contributed by atoms with Gasteiger partial charge in [-0.3, -0.25) is 0 Å². The number of hydrogen-bond donors (Lipinski definition) is 0. The van der Waals surface area contributed by atoms with Crippen molar-refractivity contribution in [3.8, 4) is 5.75 Å². The Labute approximate surface area is 126 Å². The second-order valence-corrected chi connectivity index (χ2v) is 4.49. The summed E-state index contributed by atoms with van der Waals surface area (Å²) in [5, 5.41) is 0. The Morgan fingerprint density at radius 1 is 0.762 bits per heavy atom. The summed E-state index contributed by atoms with van der Waals surface area (Å²) in [7, 11) is 0. The van der Waals surface area contributed by atoms with E-state index in [0.717, 1.165) is 19.4 Å². The maximum atomic E-state index is 12.7. The van der Waals surface area contributed by atoms with Gasteiger partial charge in [0, 0.05) is 6.61 Å². The summed E-state index contributed by atoms with van der Waals surface area (Å²) in [5.74, 6) is 0.370. The topological polar surface area (TPSA) is 36.9 Å². The molecule has 120 valence electrons. The standard InChI is InChI=1S/C16H25FO4/c1-2-3-8-18-9-10-19-11-12-20-13-14-21-16-6-4-15(17)5-7-16/h4-7H,2-3,8-14H2,1H3. The first-order valence-corrected chi connectivity index (χ1v) is 7.44. The number of rotatable bonds is 13. The van der Waals surface area contributed by atoms with Gasteiger partial charge in [-0.1, -0.05) is 13.3 Å². The Morgan fingerprint density at radius 3 is 1.86 bits per heavy atom. The van der Waals surface area contributed by atoms with Crippen molar-refractivity contribution in [3.63, 3.8) is 0 Å². The van der Waals surface area contributed by atoms with Crippen LogP contribution in [0.4, 0.5) is 4.39 Å². The molecule has 0 N–H and O–H groups in total. The van der Waals surface area contributed by atoms with Crippen LogP contribution in [0.15, 0.2) is 24.3 Å². The van der Waals surface area contributed by atoms with Crippen molar-refractivity contribution in [3.05, 3.63) is 30.1 Å². The monoisotopic (exact) mass is 300 g/mol. The Kier molecular flexibility index (Phi) is 10.7. The fraction of sp³-hybridized carbons (Fsp3) is 0.625. The zero-order valence-electron chi connectivity index (χ0n) is 12.7. The van der Waals surface area contributed by atoms with E-state index in [0.29, 0.717) is 45.4 Å². The second-order valence-electron chi connectivity index (χ2n) is 4.49. The molecule has 0 saturated carbocycles. The molecule has 1 aromatic rings. The minimum absolute atomic E-state index is 0.269. The number of ether oxygens (including phenoxy) is 4. The van der Waals surface area contributed by atoms with Gasteiger partial charge in [-0.15, -0.1) is 0 Å². The summed E-state index contributed by atoms with van der Waals surface area (Å²) in [5.41, 5.74) is 0. The van der Waals surface area contributed by atoms with Crippen LogP contribution in [-0.4, -0.2) is 46.2 Å². The molecule has 4 nitrogen and oxygen atoms in total. The van der Waals surface area contributed by atoms with E-state index in [2.05, 4.69) is 6.92 Å². The lowest BCUT2D eigenvalue weighted by Gasteiger charge is -2.08. The number of benzene rings is 1. The lowest BCUT2D eigenvalue weighted by atomic mass is 10.3. The van der Waals surface area contributed by atoms with Crippen LogP contribution in [0.1, 0.15) is 19.8 Å². The maximum Gasteiger partial charge on any atom is 0.123 e. The summed E-state index contributed by atoms with van der Waals surface area (Å²) in [6.45, 7) is 6.16. The predicted molar refractivity (Wildman–Crippen MR) is 79.3 cm³/mol. The molecule has 21 heavy (non-hydrogen) atoms. The summed E-state index contributed by atoms with van der Waals surface area (Å²) >= 11 is 0. The maximum absolute atomic E-state index is 12.7. The minimum Gasteiger partial charge on any atom is -0.491 e. The molecule has 0 fully saturated rings. The van der Waals surface area contributed by atoms with E-state index >= 15 is 0 Å². The highest BCUT2D eigenvalue weighted by Crippen LogP contribution is 2.10. The fourth-order valence-electron chi connectivity index (χ4n) is 1.54. The van der Waals surface area contributed by atoms with E-state index in [1.54, 1.807) is 12.1 Å². The Hall–Kier alpha value is -1.17. The first kappa shape index (κ1) is 17.9. The van der Waals surface area contributed by atoms with Crippen molar-refractivity contribution in [2.75, 3.05) is 46.2 Å². The molecule has 0 spiro atoms. The summed E-state index contributed by atoms with van der Waals surface area (Å²) in [6.07, 6.45) is 2.24. The van der Waals surface area contributed by atoms with Crippen LogP contribution >= 0.6 is 0 Å². The van der Waals surface area contributed by atoms with E-state index in [-0.39, 0.29) is 5.82 Å². The number of hydrogen-bond acceptors (Lipinski definition) is 4. The SMILES string of the molecule is CCCCOCCOCCOCCOc1ccc(F)cc1. The van der Waals surface area contributed by atoms with E-state index < -0.39 is 0 Å². The molecule has 0 amide bonds. The first-order chi connectivity index (χ1) is 10.3. The van der Waals surface area contributed by atoms with Crippen molar-refractivity contribution in [1.82, 2.24) is 0 Å². The lowest BCUT2D eigenvalue weighted by Crippen LogP contribution is -2.12. The molecule has 0 atom stereocenters. The van der Waals surface area contributed by atoms with Crippen LogP contribution in [0.5, 0.6) is 5.75 Å². The van der Waals surface area contributed by atoms with Crippen LogP contribution in [0.25, 0.3) is 0 Å². The molecule has 1 rings (SSSR count). The molecule has 0 aromatic heterocycles. The molecule has 0 aliphatic rings. The average Bonchev–Trinajstić information content (AvgIpc) is 2.50.